The predicted molar refractivity (Wildman–Crippen MR) is 84.9 cm³/mol. The molecule has 1 saturated heterocycles. The van der Waals surface area contributed by atoms with Gasteiger partial charge in [0.1, 0.15) is 11.9 Å². The smallest absolute Gasteiger partial charge is 0.128 e. The summed E-state index contributed by atoms with van der Waals surface area (Å²) in [6.07, 6.45) is 0. The van der Waals surface area contributed by atoms with Crippen LogP contribution in [0.25, 0.3) is 0 Å². The molecule has 1 unspecified atom stereocenters. The molecular weight excluding hydrogens is 277 g/mol. The van der Waals surface area contributed by atoms with E-state index in [1.54, 1.807) is 6.07 Å². The molecule has 22 heavy (non-hydrogen) atoms. The molecule has 0 amide bonds. The van der Waals surface area contributed by atoms with Gasteiger partial charge >= 0.3 is 0 Å². The summed E-state index contributed by atoms with van der Waals surface area (Å²) in [5.74, 6) is 6.20. The number of rotatable bonds is 2. The first-order valence-corrected chi connectivity index (χ1v) is 7.47. The van der Waals surface area contributed by atoms with E-state index in [-0.39, 0.29) is 11.9 Å². The Balaban J connectivity index is 1.93. The Morgan fingerprint density at radius 3 is 2.36 bits per heavy atom. The van der Waals surface area contributed by atoms with E-state index in [1.165, 1.54) is 6.07 Å². The molecule has 0 bridgehead atoms. The lowest BCUT2D eigenvalue weighted by Gasteiger charge is -2.31. The number of hydrogen-bond acceptors (Lipinski definition) is 2. The molecule has 2 nitrogen and oxygen atoms in total. The normalized spacial score (nSPS) is 16.6. The van der Waals surface area contributed by atoms with Gasteiger partial charge in [-0.25, -0.2) is 4.39 Å². The first kappa shape index (κ1) is 14.8. The highest BCUT2D eigenvalue weighted by Gasteiger charge is 2.23. The first-order valence-electron chi connectivity index (χ1n) is 7.47. The summed E-state index contributed by atoms with van der Waals surface area (Å²) < 4.78 is 19.6. The maximum atomic E-state index is 14.2. The summed E-state index contributed by atoms with van der Waals surface area (Å²) in [5.41, 5.74) is 1.57. The minimum Gasteiger partial charge on any atom is -0.379 e. The van der Waals surface area contributed by atoms with Crippen molar-refractivity contribution in [2.75, 3.05) is 26.3 Å². The van der Waals surface area contributed by atoms with E-state index in [0.29, 0.717) is 18.8 Å². The van der Waals surface area contributed by atoms with Crippen molar-refractivity contribution in [2.24, 2.45) is 0 Å². The second-order valence-electron chi connectivity index (χ2n) is 5.21. The lowest BCUT2D eigenvalue weighted by Crippen LogP contribution is -2.38. The van der Waals surface area contributed by atoms with Crippen LogP contribution in [0.5, 0.6) is 0 Å². The van der Waals surface area contributed by atoms with Crippen LogP contribution in [0.2, 0.25) is 0 Å². The Morgan fingerprint density at radius 2 is 1.64 bits per heavy atom. The van der Waals surface area contributed by atoms with Crippen LogP contribution in [0, 0.1) is 17.7 Å². The fourth-order valence-electron chi connectivity index (χ4n) is 2.57. The second-order valence-corrected chi connectivity index (χ2v) is 5.21. The molecule has 1 fully saturated rings. The molecule has 0 aliphatic carbocycles. The molecule has 2 aromatic rings. The fourth-order valence-corrected chi connectivity index (χ4v) is 2.57. The van der Waals surface area contributed by atoms with Crippen LogP contribution in [0.1, 0.15) is 17.2 Å². The lowest BCUT2D eigenvalue weighted by atomic mass is 10.0. The highest BCUT2D eigenvalue weighted by Crippen LogP contribution is 2.23. The second kappa shape index (κ2) is 7.22. The van der Waals surface area contributed by atoms with Gasteiger partial charge in [-0.15, -0.1) is 0 Å². The first-order chi connectivity index (χ1) is 10.8. The summed E-state index contributed by atoms with van der Waals surface area (Å²) >= 11 is 0. The van der Waals surface area contributed by atoms with Gasteiger partial charge in [0.2, 0.25) is 0 Å². The van der Waals surface area contributed by atoms with Gasteiger partial charge in [0.15, 0.2) is 0 Å². The minimum absolute atomic E-state index is 0.207. The monoisotopic (exact) mass is 295 g/mol. The van der Waals surface area contributed by atoms with E-state index < -0.39 is 0 Å². The highest BCUT2D eigenvalue weighted by atomic mass is 19.1. The van der Waals surface area contributed by atoms with Crippen molar-refractivity contribution < 1.29 is 9.13 Å². The summed E-state index contributed by atoms with van der Waals surface area (Å²) in [5, 5.41) is 0. The van der Waals surface area contributed by atoms with Crippen LogP contribution < -0.4 is 0 Å². The summed E-state index contributed by atoms with van der Waals surface area (Å²) in [6, 6.07) is 16.4. The molecule has 3 heteroatoms. The molecule has 0 N–H and O–H groups in total. The molecule has 112 valence electrons. The van der Waals surface area contributed by atoms with Crippen molar-refractivity contribution in [2.45, 2.75) is 6.04 Å². The number of hydrogen-bond donors (Lipinski definition) is 0. The van der Waals surface area contributed by atoms with E-state index >= 15 is 0 Å². The third-order valence-corrected chi connectivity index (χ3v) is 3.74. The fraction of sp³-hybridized carbons (Fsp3) is 0.263. The van der Waals surface area contributed by atoms with Gasteiger partial charge in [-0.3, -0.25) is 4.90 Å². The van der Waals surface area contributed by atoms with Crippen LogP contribution in [0.15, 0.2) is 54.6 Å². The van der Waals surface area contributed by atoms with Crippen molar-refractivity contribution in [1.29, 1.82) is 0 Å². The maximum Gasteiger partial charge on any atom is 0.128 e. The van der Waals surface area contributed by atoms with Crippen molar-refractivity contribution in [3.05, 3.63) is 71.5 Å². The molecule has 0 aromatic heterocycles. The molecule has 1 heterocycles. The van der Waals surface area contributed by atoms with Gasteiger partial charge in [-0.1, -0.05) is 48.2 Å². The standard InChI is InChI=1S/C19H18FNO/c20-18-9-5-4-8-17(18)19(21-12-14-22-15-13-21)11-10-16-6-2-1-3-7-16/h1-9,19H,12-15H2. The molecule has 1 aliphatic rings. The summed E-state index contributed by atoms with van der Waals surface area (Å²) in [6.45, 7) is 2.86. The van der Waals surface area contributed by atoms with E-state index in [2.05, 4.69) is 16.7 Å². The number of halogens is 1. The van der Waals surface area contributed by atoms with Crippen molar-refractivity contribution in [3.63, 3.8) is 0 Å². The summed E-state index contributed by atoms with van der Waals surface area (Å²) in [7, 11) is 0. The Morgan fingerprint density at radius 1 is 0.955 bits per heavy atom. The number of morpholine rings is 1. The van der Waals surface area contributed by atoms with E-state index in [4.69, 9.17) is 4.74 Å². The van der Waals surface area contributed by atoms with E-state index in [1.807, 2.05) is 42.5 Å². The predicted octanol–water partition coefficient (Wildman–Crippen LogP) is 3.25. The largest absolute Gasteiger partial charge is 0.379 e. The summed E-state index contributed by atoms with van der Waals surface area (Å²) in [4.78, 5) is 2.18. The number of nitrogens with zero attached hydrogens (tertiary/aromatic N) is 1. The quantitative estimate of drug-likeness (QED) is 0.789. The highest BCUT2D eigenvalue weighted by molar-refractivity contribution is 5.38. The van der Waals surface area contributed by atoms with Gasteiger partial charge < -0.3 is 4.74 Å². The van der Waals surface area contributed by atoms with Crippen molar-refractivity contribution in [1.82, 2.24) is 4.90 Å². The molecule has 3 rings (SSSR count). The molecule has 1 atom stereocenters. The molecule has 0 spiro atoms. The molecule has 1 aliphatic heterocycles. The number of benzene rings is 2. The Kier molecular flexibility index (Phi) is 4.85. The minimum atomic E-state index is -0.245. The van der Waals surface area contributed by atoms with Crippen LogP contribution >= 0.6 is 0 Å². The topological polar surface area (TPSA) is 12.5 Å². The van der Waals surface area contributed by atoms with Gasteiger partial charge in [0, 0.05) is 24.2 Å². The SMILES string of the molecule is Fc1ccccc1C(C#Cc1ccccc1)N1CCOCC1. The van der Waals surface area contributed by atoms with Crippen molar-refractivity contribution in [3.8, 4) is 11.8 Å². The molecular formula is C19H18FNO. The molecule has 0 radical (unpaired) electrons. The van der Waals surface area contributed by atoms with Gasteiger partial charge in [0.05, 0.1) is 13.2 Å². The third kappa shape index (κ3) is 3.54. The van der Waals surface area contributed by atoms with Gasteiger partial charge in [-0.2, -0.15) is 0 Å². The Hall–Kier alpha value is -2.15. The zero-order chi connectivity index (χ0) is 15.2. The van der Waals surface area contributed by atoms with E-state index in [9.17, 15) is 4.39 Å². The average molecular weight is 295 g/mol. The zero-order valence-electron chi connectivity index (χ0n) is 12.3. The maximum absolute atomic E-state index is 14.2. The van der Waals surface area contributed by atoms with Crippen LogP contribution in [-0.4, -0.2) is 31.2 Å². The van der Waals surface area contributed by atoms with E-state index in [0.717, 1.165) is 18.7 Å². The lowest BCUT2D eigenvalue weighted by molar-refractivity contribution is 0.0264. The van der Waals surface area contributed by atoms with Gasteiger partial charge in [-0.05, 0) is 18.2 Å². The van der Waals surface area contributed by atoms with Gasteiger partial charge in [0.25, 0.3) is 0 Å². The Labute approximate surface area is 130 Å². The Bertz CT molecular complexity index is 669. The van der Waals surface area contributed by atoms with Crippen LogP contribution in [0.3, 0.4) is 0 Å². The third-order valence-electron chi connectivity index (χ3n) is 3.74. The average Bonchev–Trinajstić information content (AvgIpc) is 2.58. The van der Waals surface area contributed by atoms with Crippen LogP contribution in [-0.2, 0) is 4.74 Å². The number of ether oxygens (including phenoxy) is 1. The molecule has 0 saturated carbocycles. The van der Waals surface area contributed by atoms with Crippen LogP contribution in [0.4, 0.5) is 4.39 Å². The zero-order valence-corrected chi connectivity index (χ0v) is 12.3. The molecule has 2 aromatic carbocycles. The van der Waals surface area contributed by atoms with Crippen molar-refractivity contribution >= 4 is 0 Å².